The quantitative estimate of drug-likeness (QED) is 0.410. The van der Waals surface area contributed by atoms with Gasteiger partial charge in [0.1, 0.15) is 5.69 Å². The van der Waals surface area contributed by atoms with E-state index in [9.17, 15) is 4.79 Å². The molecule has 0 saturated carbocycles. The Morgan fingerprint density at radius 1 is 1.07 bits per heavy atom. The number of aromatic nitrogens is 5. The van der Waals surface area contributed by atoms with Crippen LogP contribution in [0.25, 0.3) is 33.2 Å². The maximum Gasteiger partial charge on any atom is 0.287 e. The van der Waals surface area contributed by atoms with Gasteiger partial charge in [-0.3, -0.25) is 14.9 Å². The first-order valence-electron chi connectivity index (χ1n) is 9.87. The second-order valence-electron chi connectivity index (χ2n) is 7.15. The fourth-order valence-electron chi connectivity index (χ4n) is 3.69. The molecule has 7 nitrogen and oxygen atoms in total. The summed E-state index contributed by atoms with van der Waals surface area (Å²) < 4.78 is 0. The van der Waals surface area contributed by atoms with E-state index < -0.39 is 0 Å². The molecule has 30 heavy (non-hydrogen) atoms. The number of hydrogen-bond donors (Lipinski definition) is 3. The van der Waals surface area contributed by atoms with Gasteiger partial charge >= 0.3 is 0 Å². The van der Waals surface area contributed by atoms with Gasteiger partial charge in [0.25, 0.3) is 5.91 Å². The molecule has 3 N–H and O–H groups in total. The number of nitrogens with one attached hydrogen (secondary N) is 3. The molecule has 0 fully saturated rings. The number of hydrogen-bond acceptors (Lipinski definition) is 4. The zero-order chi connectivity index (χ0) is 20.5. The molecule has 0 saturated heterocycles. The van der Waals surface area contributed by atoms with Crippen LogP contribution < -0.4 is 5.32 Å². The van der Waals surface area contributed by atoms with Crippen molar-refractivity contribution < 1.29 is 4.79 Å². The van der Waals surface area contributed by atoms with Crippen LogP contribution in [0.1, 0.15) is 35.6 Å². The van der Waals surface area contributed by atoms with E-state index in [1.165, 1.54) is 0 Å². The van der Waals surface area contributed by atoms with Gasteiger partial charge in [-0.15, -0.1) is 0 Å². The molecule has 5 rings (SSSR count). The highest BCUT2D eigenvalue weighted by molar-refractivity contribution is 6.02. The lowest BCUT2D eigenvalue weighted by atomic mass is 10.0. The molecule has 0 spiro atoms. The third kappa shape index (κ3) is 3.20. The van der Waals surface area contributed by atoms with Gasteiger partial charge in [-0.05, 0) is 36.2 Å². The third-order valence-corrected chi connectivity index (χ3v) is 5.25. The number of imidazole rings is 1. The van der Waals surface area contributed by atoms with Gasteiger partial charge in [-0.2, -0.15) is 5.10 Å². The molecule has 1 unspecified atom stereocenters. The standard InChI is InChI=1S/C23H20N6O/c1-2-17(14-6-4-3-5-7-14)27-23(30)22-25-19-12-16-18(13-20(19)26-22)28-29-21(16)15-8-10-24-11-9-15/h3-13,17H,2H2,1H3,(H,25,26)(H,27,30)(H,28,29). The summed E-state index contributed by atoms with van der Waals surface area (Å²) in [5, 5.41) is 11.5. The molecular formula is C23H20N6O. The van der Waals surface area contributed by atoms with Crippen LogP contribution in [0.3, 0.4) is 0 Å². The van der Waals surface area contributed by atoms with Gasteiger partial charge in [0, 0.05) is 23.3 Å². The summed E-state index contributed by atoms with van der Waals surface area (Å²) in [7, 11) is 0. The van der Waals surface area contributed by atoms with E-state index in [0.717, 1.165) is 45.2 Å². The lowest BCUT2D eigenvalue weighted by Gasteiger charge is -2.16. The van der Waals surface area contributed by atoms with Crippen molar-refractivity contribution in [3.05, 3.63) is 78.4 Å². The Labute approximate surface area is 172 Å². The molecular weight excluding hydrogens is 376 g/mol. The monoisotopic (exact) mass is 396 g/mol. The van der Waals surface area contributed by atoms with Crippen molar-refractivity contribution in [3.63, 3.8) is 0 Å². The fourth-order valence-corrected chi connectivity index (χ4v) is 3.69. The summed E-state index contributed by atoms with van der Waals surface area (Å²) in [5.41, 5.74) is 5.25. The largest absolute Gasteiger partial charge is 0.343 e. The minimum atomic E-state index is -0.224. The van der Waals surface area contributed by atoms with Crippen LogP contribution in [0.2, 0.25) is 0 Å². The molecule has 3 aromatic heterocycles. The molecule has 5 aromatic rings. The predicted octanol–water partition coefficient (Wildman–Crippen LogP) is 4.38. The average Bonchev–Trinajstić information content (AvgIpc) is 3.40. The first kappa shape index (κ1) is 18.1. The Bertz CT molecular complexity index is 1320. The van der Waals surface area contributed by atoms with Gasteiger partial charge in [0.2, 0.25) is 0 Å². The van der Waals surface area contributed by atoms with Gasteiger partial charge < -0.3 is 10.3 Å². The molecule has 1 amide bonds. The van der Waals surface area contributed by atoms with Crippen LogP contribution in [0.5, 0.6) is 0 Å². The number of H-pyrrole nitrogens is 2. The van der Waals surface area contributed by atoms with Crippen LogP contribution in [0.15, 0.2) is 67.0 Å². The lowest BCUT2D eigenvalue weighted by Crippen LogP contribution is -2.28. The van der Waals surface area contributed by atoms with E-state index in [2.05, 4.69) is 30.5 Å². The van der Waals surface area contributed by atoms with E-state index in [1.807, 2.05) is 61.5 Å². The average molecular weight is 396 g/mol. The maximum atomic E-state index is 12.8. The first-order chi connectivity index (χ1) is 14.7. The van der Waals surface area contributed by atoms with Crippen LogP contribution in [-0.2, 0) is 0 Å². The van der Waals surface area contributed by atoms with Crippen molar-refractivity contribution in [2.24, 2.45) is 0 Å². The fraction of sp³-hybridized carbons (Fsp3) is 0.130. The van der Waals surface area contributed by atoms with Gasteiger partial charge in [-0.25, -0.2) is 4.98 Å². The molecule has 3 heterocycles. The van der Waals surface area contributed by atoms with Crippen LogP contribution in [-0.4, -0.2) is 31.1 Å². The predicted molar refractivity (Wildman–Crippen MR) is 116 cm³/mol. The molecule has 2 aromatic carbocycles. The highest BCUT2D eigenvalue weighted by atomic mass is 16.2. The van der Waals surface area contributed by atoms with Crippen molar-refractivity contribution in [1.29, 1.82) is 0 Å². The molecule has 148 valence electrons. The Kier molecular flexibility index (Phi) is 4.48. The molecule has 7 heteroatoms. The lowest BCUT2D eigenvalue weighted by molar-refractivity contribution is 0.0926. The number of pyridine rings is 1. The zero-order valence-electron chi connectivity index (χ0n) is 16.4. The van der Waals surface area contributed by atoms with Crippen molar-refractivity contribution >= 4 is 27.8 Å². The Morgan fingerprint density at radius 2 is 1.87 bits per heavy atom. The molecule has 0 aliphatic heterocycles. The molecule has 0 aliphatic rings. The van der Waals surface area contributed by atoms with E-state index in [1.54, 1.807) is 12.4 Å². The van der Waals surface area contributed by atoms with Gasteiger partial charge in [-0.1, -0.05) is 37.3 Å². The second-order valence-corrected chi connectivity index (χ2v) is 7.15. The zero-order valence-corrected chi connectivity index (χ0v) is 16.4. The minimum Gasteiger partial charge on any atom is -0.343 e. The van der Waals surface area contributed by atoms with Crippen LogP contribution in [0.4, 0.5) is 0 Å². The summed E-state index contributed by atoms with van der Waals surface area (Å²) in [6.45, 7) is 2.05. The van der Waals surface area contributed by atoms with Crippen LogP contribution >= 0.6 is 0 Å². The number of carbonyl (C=O) groups is 1. The van der Waals surface area contributed by atoms with Gasteiger partial charge in [0.05, 0.1) is 22.6 Å². The normalized spacial score (nSPS) is 12.3. The molecule has 1 atom stereocenters. The number of aromatic amines is 2. The van der Waals surface area contributed by atoms with E-state index >= 15 is 0 Å². The molecule has 0 radical (unpaired) electrons. The third-order valence-electron chi connectivity index (χ3n) is 5.25. The first-order valence-corrected chi connectivity index (χ1v) is 9.87. The van der Waals surface area contributed by atoms with E-state index in [-0.39, 0.29) is 11.9 Å². The molecule has 0 aliphatic carbocycles. The SMILES string of the molecule is CCC(NC(=O)c1nc2cc3c(-c4ccncc4)n[nH]c3cc2[nH]1)c1ccccc1. The van der Waals surface area contributed by atoms with Crippen molar-refractivity contribution in [2.75, 3.05) is 0 Å². The Hall–Kier alpha value is -4.00. The van der Waals surface area contributed by atoms with Crippen molar-refractivity contribution in [3.8, 4) is 11.3 Å². The second kappa shape index (κ2) is 7.44. The highest BCUT2D eigenvalue weighted by Crippen LogP contribution is 2.29. The van der Waals surface area contributed by atoms with Gasteiger partial charge in [0.15, 0.2) is 5.82 Å². The van der Waals surface area contributed by atoms with Crippen molar-refractivity contribution in [1.82, 2.24) is 30.5 Å². The number of rotatable bonds is 5. The van der Waals surface area contributed by atoms with Crippen LogP contribution in [0, 0.1) is 0 Å². The summed E-state index contributed by atoms with van der Waals surface area (Å²) in [6, 6.07) is 17.6. The van der Waals surface area contributed by atoms with E-state index in [4.69, 9.17) is 0 Å². The summed E-state index contributed by atoms with van der Waals surface area (Å²) >= 11 is 0. The number of fused-ring (bicyclic) bond motifs is 2. The highest BCUT2D eigenvalue weighted by Gasteiger charge is 2.18. The maximum absolute atomic E-state index is 12.8. The Morgan fingerprint density at radius 3 is 2.63 bits per heavy atom. The molecule has 0 bridgehead atoms. The number of carbonyl (C=O) groups excluding carboxylic acids is 1. The van der Waals surface area contributed by atoms with E-state index in [0.29, 0.717) is 5.82 Å². The minimum absolute atomic E-state index is 0.0657. The smallest absolute Gasteiger partial charge is 0.287 e. The topological polar surface area (TPSA) is 99.3 Å². The summed E-state index contributed by atoms with van der Waals surface area (Å²) in [5.74, 6) is 0.0727. The summed E-state index contributed by atoms with van der Waals surface area (Å²) in [6.07, 6.45) is 4.27. The Balaban J connectivity index is 1.48. The number of amides is 1. The number of benzene rings is 2. The summed E-state index contributed by atoms with van der Waals surface area (Å²) in [4.78, 5) is 24.6. The number of nitrogens with zero attached hydrogens (tertiary/aromatic N) is 3. The van der Waals surface area contributed by atoms with Crippen molar-refractivity contribution in [2.45, 2.75) is 19.4 Å².